The maximum atomic E-state index is 5.84. The smallest absolute Gasteiger partial charge is 0.128 e. The van der Waals surface area contributed by atoms with Gasteiger partial charge in [-0.2, -0.15) is 5.48 Å². The first-order chi connectivity index (χ1) is 11.0. The van der Waals surface area contributed by atoms with Crippen molar-refractivity contribution < 1.29 is 14.3 Å². The van der Waals surface area contributed by atoms with Crippen LogP contribution in [0.25, 0.3) is 0 Å². The standard InChI is InChI=1S/C19H23NO3/c1-19(2,3)23-20-17-13-22-18-11-15(9-10-16(17)18)21-12-14-7-5-4-6-8-14/h4-11,17,20H,12-13H2,1-3H3. The second-order valence-electron chi connectivity index (χ2n) is 6.67. The highest BCUT2D eigenvalue weighted by Crippen LogP contribution is 2.35. The van der Waals surface area contributed by atoms with E-state index in [4.69, 9.17) is 14.3 Å². The molecule has 0 aromatic heterocycles. The van der Waals surface area contributed by atoms with E-state index in [1.807, 2.05) is 69.3 Å². The highest BCUT2D eigenvalue weighted by molar-refractivity contribution is 5.45. The molecule has 1 heterocycles. The predicted molar refractivity (Wildman–Crippen MR) is 89.4 cm³/mol. The second-order valence-corrected chi connectivity index (χ2v) is 6.67. The number of hydrogen-bond donors (Lipinski definition) is 1. The summed E-state index contributed by atoms with van der Waals surface area (Å²) in [7, 11) is 0. The minimum absolute atomic E-state index is 0.0485. The van der Waals surface area contributed by atoms with Crippen LogP contribution in [0.4, 0.5) is 0 Å². The average Bonchev–Trinajstić information content (AvgIpc) is 2.94. The fourth-order valence-electron chi connectivity index (χ4n) is 2.37. The lowest BCUT2D eigenvalue weighted by Crippen LogP contribution is -2.32. The average molecular weight is 313 g/mol. The Bertz CT molecular complexity index is 649. The van der Waals surface area contributed by atoms with E-state index in [1.165, 1.54) is 0 Å². The number of hydroxylamine groups is 1. The van der Waals surface area contributed by atoms with Gasteiger partial charge in [0.2, 0.25) is 0 Å². The first-order valence-corrected chi connectivity index (χ1v) is 7.88. The van der Waals surface area contributed by atoms with Gasteiger partial charge < -0.3 is 9.47 Å². The number of fused-ring (bicyclic) bond motifs is 1. The molecule has 1 aliphatic heterocycles. The number of hydrogen-bond acceptors (Lipinski definition) is 4. The molecule has 0 saturated heterocycles. The third-order valence-electron chi connectivity index (χ3n) is 3.52. The lowest BCUT2D eigenvalue weighted by molar-refractivity contribution is -0.0905. The van der Waals surface area contributed by atoms with Crippen LogP contribution in [-0.2, 0) is 11.4 Å². The molecule has 1 N–H and O–H groups in total. The van der Waals surface area contributed by atoms with E-state index in [9.17, 15) is 0 Å². The summed E-state index contributed by atoms with van der Waals surface area (Å²) < 4.78 is 11.6. The van der Waals surface area contributed by atoms with Crippen molar-refractivity contribution in [1.29, 1.82) is 0 Å². The molecule has 0 fully saturated rings. The van der Waals surface area contributed by atoms with Crippen LogP contribution in [0.3, 0.4) is 0 Å². The summed E-state index contributed by atoms with van der Waals surface area (Å²) in [5, 5.41) is 0. The normalized spacial score (nSPS) is 16.7. The van der Waals surface area contributed by atoms with Crippen LogP contribution in [0.5, 0.6) is 11.5 Å². The van der Waals surface area contributed by atoms with E-state index < -0.39 is 0 Å². The molecule has 0 amide bonds. The van der Waals surface area contributed by atoms with Crippen molar-refractivity contribution in [3.63, 3.8) is 0 Å². The Morgan fingerprint density at radius 1 is 1.13 bits per heavy atom. The van der Waals surface area contributed by atoms with Crippen molar-refractivity contribution in [1.82, 2.24) is 5.48 Å². The van der Waals surface area contributed by atoms with Gasteiger partial charge in [-0.3, -0.25) is 4.84 Å². The summed E-state index contributed by atoms with van der Waals surface area (Å²) in [6.07, 6.45) is 0. The second kappa shape index (κ2) is 6.60. The van der Waals surface area contributed by atoms with Crippen LogP contribution in [0.15, 0.2) is 48.5 Å². The molecule has 0 bridgehead atoms. The summed E-state index contributed by atoms with van der Waals surface area (Å²) in [5.41, 5.74) is 5.10. The van der Waals surface area contributed by atoms with E-state index >= 15 is 0 Å². The zero-order valence-electron chi connectivity index (χ0n) is 13.8. The third kappa shape index (κ3) is 4.24. The van der Waals surface area contributed by atoms with E-state index in [1.54, 1.807) is 0 Å². The van der Waals surface area contributed by atoms with Gasteiger partial charge in [0.1, 0.15) is 24.7 Å². The Morgan fingerprint density at radius 3 is 2.65 bits per heavy atom. The quantitative estimate of drug-likeness (QED) is 0.846. The molecular weight excluding hydrogens is 290 g/mol. The van der Waals surface area contributed by atoms with E-state index in [0.29, 0.717) is 13.2 Å². The molecule has 1 unspecified atom stereocenters. The van der Waals surface area contributed by atoms with Crippen molar-refractivity contribution in [2.24, 2.45) is 0 Å². The number of benzene rings is 2. The van der Waals surface area contributed by atoms with Crippen LogP contribution in [0.2, 0.25) is 0 Å². The molecule has 2 aromatic carbocycles. The molecule has 122 valence electrons. The van der Waals surface area contributed by atoms with Crippen LogP contribution < -0.4 is 15.0 Å². The van der Waals surface area contributed by atoms with Gasteiger partial charge in [0.15, 0.2) is 0 Å². The maximum Gasteiger partial charge on any atom is 0.128 e. The van der Waals surface area contributed by atoms with E-state index in [2.05, 4.69) is 5.48 Å². The van der Waals surface area contributed by atoms with Crippen molar-refractivity contribution in [3.8, 4) is 11.5 Å². The molecule has 4 heteroatoms. The van der Waals surface area contributed by atoms with Crippen molar-refractivity contribution in [3.05, 3.63) is 59.7 Å². The molecule has 0 saturated carbocycles. The van der Waals surface area contributed by atoms with Crippen LogP contribution in [0.1, 0.15) is 37.9 Å². The fraction of sp³-hybridized carbons (Fsp3) is 0.368. The Balaban J connectivity index is 1.62. The summed E-state index contributed by atoms with van der Waals surface area (Å²) in [5.74, 6) is 1.66. The summed E-state index contributed by atoms with van der Waals surface area (Å²) in [6, 6.07) is 16.1. The van der Waals surface area contributed by atoms with Crippen LogP contribution >= 0.6 is 0 Å². The van der Waals surface area contributed by atoms with Gasteiger partial charge in [-0.05, 0) is 38.5 Å². The van der Waals surface area contributed by atoms with Crippen molar-refractivity contribution in [2.45, 2.75) is 39.0 Å². The molecule has 0 aliphatic carbocycles. The van der Waals surface area contributed by atoms with E-state index in [-0.39, 0.29) is 11.6 Å². The minimum atomic E-state index is -0.235. The Kier molecular flexibility index (Phi) is 4.55. The Hall–Kier alpha value is -2.04. The van der Waals surface area contributed by atoms with Gasteiger partial charge in [0.25, 0.3) is 0 Å². The first kappa shape index (κ1) is 15.8. The summed E-state index contributed by atoms with van der Waals surface area (Å²) in [4.78, 5) is 5.64. The Morgan fingerprint density at radius 2 is 1.91 bits per heavy atom. The number of rotatable bonds is 5. The first-order valence-electron chi connectivity index (χ1n) is 7.88. The Labute approximate surface area is 137 Å². The summed E-state index contributed by atoms with van der Waals surface area (Å²) >= 11 is 0. The van der Waals surface area contributed by atoms with Gasteiger partial charge in [-0.1, -0.05) is 30.3 Å². The molecule has 2 aromatic rings. The molecule has 1 atom stereocenters. The fourth-order valence-corrected chi connectivity index (χ4v) is 2.37. The topological polar surface area (TPSA) is 39.7 Å². The highest BCUT2D eigenvalue weighted by atomic mass is 16.7. The molecule has 1 aliphatic rings. The molecule has 0 spiro atoms. The molecule has 4 nitrogen and oxygen atoms in total. The van der Waals surface area contributed by atoms with Gasteiger partial charge in [0, 0.05) is 11.6 Å². The highest BCUT2D eigenvalue weighted by Gasteiger charge is 2.26. The monoisotopic (exact) mass is 313 g/mol. The third-order valence-corrected chi connectivity index (χ3v) is 3.52. The largest absolute Gasteiger partial charge is 0.491 e. The zero-order valence-corrected chi connectivity index (χ0v) is 13.8. The predicted octanol–water partition coefficient (Wildman–Crippen LogP) is 4.02. The van der Waals surface area contributed by atoms with Crippen LogP contribution in [-0.4, -0.2) is 12.2 Å². The minimum Gasteiger partial charge on any atom is -0.491 e. The molecule has 3 rings (SSSR count). The molecular formula is C19H23NO3. The van der Waals surface area contributed by atoms with Gasteiger partial charge >= 0.3 is 0 Å². The molecule has 0 radical (unpaired) electrons. The van der Waals surface area contributed by atoms with Gasteiger partial charge in [-0.25, -0.2) is 0 Å². The number of ether oxygens (including phenoxy) is 2. The van der Waals surface area contributed by atoms with Crippen molar-refractivity contribution in [2.75, 3.05) is 6.61 Å². The number of nitrogens with one attached hydrogen (secondary N) is 1. The van der Waals surface area contributed by atoms with Gasteiger partial charge in [0.05, 0.1) is 11.6 Å². The zero-order chi connectivity index (χ0) is 16.3. The lowest BCUT2D eigenvalue weighted by Gasteiger charge is -2.22. The maximum absolute atomic E-state index is 5.84. The van der Waals surface area contributed by atoms with Gasteiger partial charge in [-0.15, -0.1) is 0 Å². The van der Waals surface area contributed by atoms with Crippen molar-refractivity contribution >= 4 is 0 Å². The summed E-state index contributed by atoms with van der Waals surface area (Å²) in [6.45, 7) is 7.15. The molecule has 23 heavy (non-hydrogen) atoms. The lowest BCUT2D eigenvalue weighted by atomic mass is 10.1. The SMILES string of the molecule is CC(C)(C)ONC1COc2cc(OCc3ccccc3)ccc21. The van der Waals surface area contributed by atoms with Crippen LogP contribution in [0, 0.1) is 0 Å². The van der Waals surface area contributed by atoms with E-state index in [0.717, 1.165) is 22.6 Å².